The van der Waals surface area contributed by atoms with Crippen LogP contribution in [-0.2, 0) is 4.74 Å². The predicted octanol–water partition coefficient (Wildman–Crippen LogP) is 2.13. The zero-order chi connectivity index (χ0) is 9.23. The molecule has 1 amide bonds. The molecule has 1 N–H and O–H groups in total. The fraction of sp³-hybridized carbons (Fsp3) is 0.778. The molecule has 0 bridgehead atoms. The highest BCUT2D eigenvalue weighted by atomic mass is 16.5. The van der Waals surface area contributed by atoms with Crippen LogP contribution in [0.5, 0.6) is 0 Å². The van der Waals surface area contributed by atoms with Gasteiger partial charge in [-0.15, -0.1) is 0 Å². The van der Waals surface area contributed by atoms with Crippen molar-refractivity contribution >= 4 is 6.09 Å². The topological polar surface area (TPSA) is 38.3 Å². The highest BCUT2D eigenvalue weighted by Crippen LogP contribution is 1.96. The van der Waals surface area contributed by atoms with Crippen LogP contribution in [0, 0.1) is 6.92 Å². The molecule has 3 nitrogen and oxygen atoms in total. The standard InChI is InChI=1S/C9H18NO2/c1-3-5-6-7-8-10-9(11)12-4-2/h2-8H2,1H3,(H,10,11). The van der Waals surface area contributed by atoms with Gasteiger partial charge in [-0.2, -0.15) is 0 Å². The van der Waals surface area contributed by atoms with E-state index < -0.39 is 0 Å². The lowest BCUT2D eigenvalue weighted by Gasteiger charge is -2.03. The molecule has 1 radical (unpaired) electrons. The average Bonchev–Trinajstić information content (AvgIpc) is 2.05. The predicted molar refractivity (Wildman–Crippen MR) is 48.8 cm³/mol. The van der Waals surface area contributed by atoms with Gasteiger partial charge in [-0.05, 0) is 13.3 Å². The summed E-state index contributed by atoms with van der Waals surface area (Å²) in [5.41, 5.74) is 0. The summed E-state index contributed by atoms with van der Waals surface area (Å²) in [5.74, 6) is 0. The fourth-order valence-electron chi connectivity index (χ4n) is 0.886. The minimum absolute atomic E-state index is 0.195. The Balaban J connectivity index is 3.03. The molecular formula is C9H18NO2. The van der Waals surface area contributed by atoms with Gasteiger partial charge in [-0.25, -0.2) is 4.79 Å². The van der Waals surface area contributed by atoms with Gasteiger partial charge in [0, 0.05) is 6.54 Å². The third-order valence-electron chi connectivity index (χ3n) is 1.53. The first-order chi connectivity index (χ1) is 5.81. The summed E-state index contributed by atoms with van der Waals surface area (Å²) < 4.78 is 4.59. The van der Waals surface area contributed by atoms with Crippen molar-refractivity contribution in [2.45, 2.75) is 32.6 Å². The summed E-state index contributed by atoms with van der Waals surface area (Å²) in [6.07, 6.45) is 4.28. The molecule has 12 heavy (non-hydrogen) atoms. The summed E-state index contributed by atoms with van der Waals surface area (Å²) in [6, 6.07) is 0. The van der Waals surface area contributed by atoms with Crippen molar-refractivity contribution in [1.82, 2.24) is 5.32 Å². The number of carbonyl (C=O) groups excluding carboxylic acids is 1. The Morgan fingerprint density at radius 1 is 1.42 bits per heavy atom. The molecule has 0 aromatic heterocycles. The van der Waals surface area contributed by atoms with E-state index in [1.54, 1.807) is 0 Å². The summed E-state index contributed by atoms with van der Waals surface area (Å²) in [5, 5.41) is 2.64. The Hall–Kier alpha value is -0.730. The zero-order valence-corrected chi connectivity index (χ0v) is 7.77. The van der Waals surface area contributed by atoms with E-state index in [4.69, 9.17) is 0 Å². The quantitative estimate of drug-likeness (QED) is 0.623. The number of hydrogen-bond donors (Lipinski definition) is 1. The molecule has 71 valence electrons. The number of nitrogens with one attached hydrogen (secondary N) is 1. The van der Waals surface area contributed by atoms with Gasteiger partial charge in [0.25, 0.3) is 0 Å². The van der Waals surface area contributed by atoms with Crippen molar-refractivity contribution in [2.24, 2.45) is 0 Å². The van der Waals surface area contributed by atoms with Crippen LogP contribution in [0.3, 0.4) is 0 Å². The number of unbranched alkanes of at least 4 members (excludes halogenated alkanes) is 3. The summed E-state index contributed by atoms with van der Waals surface area (Å²) in [7, 11) is 0. The Morgan fingerprint density at radius 3 is 2.75 bits per heavy atom. The molecule has 0 saturated heterocycles. The van der Waals surface area contributed by atoms with Crippen LogP contribution >= 0.6 is 0 Å². The fourth-order valence-corrected chi connectivity index (χ4v) is 0.886. The van der Waals surface area contributed by atoms with E-state index in [9.17, 15) is 4.79 Å². The smallest absolute Gasteiger partial charge is 0.407 e. The highest BCUT2D eigenvalue weighted by molar-refractivity contribution is 5.66. The molecule has 0 aromatic carbocycles. The number of hydrogen-bond acceptors (Lipinski definition) is 2. The van der Waals surface area contributed by atoms with Gasteiger partial charge in [0.15, 0.2) is 0 Å². The monoisotopic (exact) mass is 172 g/mol. The van der Waals surface area contributed by atoms with Gasteiger partial charge in [0.1, 0.15) is 0 Å². The normalized spacial score (nSPS) is 9.50. The Labute approximate surface area is 74.5 Å². The molecule has 0 rings (SSSR count). The van der Waals surface area contributed by atoms with E-state index >= 15 is 0 Å². The van der Waals surface area contributed by atoms with Crippen LogP contribution in [0.1, 0.15) is 32.6 Å². The first-order valence-corrected chi connectivity index (χ1v) is 4.51. The molecule has 0 aliphatic rings. The van der Waals surface area contributed by atoms with Gasteiger partial charge in [0.05, 0.1) is 6.61 Å². The maximum Gasteiger partial charge on any atom is 0.407 e. The van der Waals surface area contributed by atoms with E-state index in [1.165, 1.54) is 19.3 Å². The molecule has 0 atom stereocenters. The van der Waals surface area contributed by atoms with Crippen LogP contribution < -0.4 is 5.32 Å². The second-order valence-corrected chi connectivity index (χ2v) is 2.62. The molecule has 3 heteroatoms. The van der Waals surface area contributed by atoms with E-state index in [-0.39, 0.29) is 12.7 Å². The van der Waals surface area contributed by atoms with Crippen molar-refractivity contribution in [3.8, 4) is 0 Å². The summed E-state index contributed by atoms with van der Waals surface area (Å²) >= 11 is 0. The van der Waals surface area contributed by atoms with Gasteiger partial charge in [0.2, 0.25) is 0 Å². The number of carbonyl (C=O) groups is 1. The molecule has 0 fully saturated rings. The van der Waals surface area contributed by atoms with Crippen LogP contribution in [0.2, 0.25) is 0 Å². The SMILES string of the molecule is [CH2]COC(=O)NCCCCCC. The average molecular weight is 172 g/mol. The molecule has 0 heterocycles. The first kappa shape index (κ1) is 11.3. The minimum Gasteiger partial charge on any atom is -0.450 e. The van der Waals surface area contributed by atoms with Crippen molar-refractivity contribution in [3.63, 3.8) is 0 Å². The lowest BCUT2D eigenvalue weighted by molar-refractivity contribution is 0.157. The van der Waals surface area contributed by atoms with Gasteiger partial charge < -0.3 is 10.1 Å². The number of amides is 1. The molecule has 0 saturated carbocycles. The molecule has 0 unspecified atom stereocenters. The van der Waals surface area contributed by atoms with E-state index in [0.29, 0.717) is 6.54 Å². The second-order valence-electron chi connectivity index (χ2n) is 2.62. The van der Waals surface area contributed by atoms with Gasteiger partial charge >= 0.3 is 6.09 Å². The van der Waals surface area contributed by atoms with Crippen molar-refractivity contribution in [3.05, 3.63) is 6.92 Å². The molecule has 0 spiro atoms. The van der Waals surface area contributed by atoms with E-state index in [0.717, 1.165) is 6.42 Å². The van der Waals surface area contributed by atoms with Crippen LogP contribution in [0.15, 0.2) is 0 Å². The third-order valence-corrected chi connectivity index (χ3v) is 1.53. The van der Waals surface area contributed by atoms with Crippen LogP contribution in [-0.4, -0.2) is 19.2 Å². The Kier molecular flexibility index (Phi) is 7.86. The Bertz CT molecular complexity index is 115. The van der Waals surface area contributed by atoms with Crippen molar-refractivity contribution < 1.29 is 9.53 Å². The van der Waals surface area contributed by atoms with Crippen LogP contribution in [0.4, 0.5) is 4.79 Å². The molecule has 0 aromatic rings. The van der Waals surface area contributed by atoms with Gasteiger partial charge in [-0.1, -0.05) is 26.2 Å². The number of ether oxygens (including phenoxy) is 1. The second kappa shape index (κ2) is 8.37. The molecule has 0 aliphatic heterocycles. The number of rotatable bonds is 6. The lowest BCUT2D eigenvalue weighted by atomic mass is 10.2. The van der Waals surface area contributed by atoms with Crippen molar-refractivity contribution in [2.75, 3.05) is 13.2 Å². The maximum absolute atomic E-state index is 10.7. The highest BCUT2D eigenvalue weighted by Gasteiger charge is 1.97. The molecule has 0 aliphatic carbocycles. The molecular weight excluding hydrogens is 154 g/mol. The minimum atomic E-state index is -0.360. The van der Waals surface area contributed by atoms with E-state index in [1.807, 2.05) is 0 Å². The largest absolute Gasteiger partial charge is 0.450 e. The maximum atomic E-state index is 10.7. The third kappa shape index (κ3) is 7.38. The Morgan fingerprint density at radius 2 is 2.17 bits per heavy atom. The zero-order valence-electron chi connectivity index (χ0n) is 7.77. The van der Waals surface area contributed by atoms with Gasteiger partial charge in [-0.3, -0.25) is 0 Å². The number of alkyl carbamates (subject to hydrolysis) is 1. The van der Waals surface area contributed by atoms with E-state index in [2.05, 4.69) is 23.9 Å². The summed E-state index contributed by atoms with van der Waals surface area (Å²) in [6.45, 7) is 6.46. The first-order valence-electron chi connectivity index (χ1n) is 4.51. The summed E-state index contributed by atoms with van der Waals surface area (Å²) in [4.78, 5) is 10.7. The van der Waals surface area contributed by atoms with Crippen molar-refractivity contribution in [1.29, 1.82) is 0 Å². The lowest BCUT2D eigenvalue weighted by Crippen LogP contribution is -2.25. The van der Waals surface area contributed by atoms with Crippen LogP contribution in [0.25, 0.3) is 0 Å².